The molecule has 6 aromatic carbocycles. The van der Waals surface area contributed by atoms with Gasteiger partial charge in [0.1, 0.15) is 0 Å². The summed E-state index contributed by atoms with van der Waals surface area (Å²) in [4.78, 5) is 0. The third-order valence-corrected chi connectivity index (χ3v) is 8.23. The second-order valence-electron chi connectivity index (χ2n) is 11.7. The van der Waals surface area contributed by atoms with Crippen LogP contribution in [-0.2, 0) is 20.8 Å². The van der Waals surface area contributed by atoms with E-state index in [2.05, 4.69) is 153 Å². The molecule has 0 heterocycles. The van der Waals surface area contributed by atoms with Crippen molar-refractivity contribution in [3.8, 4) is 22.3 Å². The fourth-order valence-corrected chi connectivity index (χ4v) is 5.84. The Morgan fingerprint density at radius 1 is 0.523 bits per heavy atom. The minimum absolute atomic E-state index is 0.826. The quantitative estimate of drug-likeness (QED) is 0.124. The van der Waals surface area contributed by atoms with Gasteiger partial charge in [-0.1, -0.05) is 85.6 Å². The summed E-state index contributed by atoms with van der Waals surface area (Å²) in [5.74, 6) is 0. The van der Waals surface area contributed by atoms with Gasteiger partial charge in [0.2, 0.25) is 0 Å². The predicted molar refractivity (Wildman–Crippen MR) is 197 cm³/mol. The van der Waals surface area contributed by atoms with Gasteiger partial charge in [0, 0.05) is 9.52 Å². The van der Waals surface area contributed by atoms with Crippen LogP contribution < -0.4 is 0 Å². The van der Waals surface area contributed by atoms with Gasteiger partial charge in [-0.3, -0.25) is 0 Å². The molecule has 0 N–H and O–H groups in total. The van der Waals surface area contributed by atoms with Crippen LogP contribution in [0.3, 0.4) is 0 Å². The van der Waals surface area contributed by atoms with Gasteiger partial charge in [-0.15, -0.1) is 69.1 Å². The molecule has 0 saturated carbocycles. The molecule has 2 radical (unpaired) electrons. The van der Waals surface area contributed by atoms with Crippen LogP contribution in [0.4, 0.5) is 0 Å². The van der Waals surface area contributed by atoms with Gasteiger partial charge in [0.25, 0.3) is 0 Å². The van der Waals surface area contributed by atoms with Gasteiger partial charge < -0.3 is 0 Å². The Hall–Kier alpha value is -2.22. The van der Waals surface area contributed by atoms with E-state index in [1.807, 2.05) is 0 Å². The molecule has 0 saturated heterocycles. The second kappa shape index (κ2) is 16.9. The SMILES string of the molecule is C[Si]C.Cc1cc2c(-c3cccc(C)c3C)c(C)ccc2[cH-]1.Cc1cc2c(-c3cccc(C)c3C)c(C)ccc2[cH-]1.[Cl][Zr+2][Cl]. The molecule has 0 spiro atoms. The fraction of sp³-hybridized carbons (Fsp3) is 0.250. The van der Waals surface area contributed by atoms with Gasteiger partial charge in [-0.05, 0) is 74.9 Å². The molecule has 4 heteroatoms. The molecule has 0 aromatic heterocycles. The average molecular weight is 715 g/mol. The summed E-state index contributed by atoms with van der Waals surface area (Å²) in [5.41, 5.74) is 16.4. The first-order valence-electron chi connectivity index (χ1n) is 15.0. The van der Waals surface area contributed by atoms with E-state index in [-0.39, 0.29) is 0 Å². The van der Waals surface area contributed by atoms with E-state index in [1.54, 1.807) is 0 Å². The van der Waals surface area contributed by atoms with E-state index in [1.165, 1.54) is 88.3 Å². The number of hydrogen-bond acceptors (Lipinski definition) is 0. The van der Waals surface area contributed by atoms with Crippen LogP contribution >= 0.6 is 17.0 Å². The molecule has 6 rings (SSSR count). The number of fused-ring (bicyclic) bond motifs is 2. The maximum atomic E-state index is 4.93. The van der Waals surface area contributed by atoms with Crippen molar-refractivity contribution in [2.75, 3.05) is 0 Å². The third-order valence-electron chi connectivity index (χ3n) is 8.23. The Morgan fingerprint density at radius 2 is 0.864 bits per heavy atom. The van der Waals surface area contributed by atoms with Crippen molar-refractivity contribution in [1.82, 2.24) is 0 Å². The van der Waals surface area contributed by atoms with Crippen LogP contribution in [0.5, 0.6) is 0 Å². The first-order valence-corrected chi connectivity index (χ1v) is 23.3. The molecule has 226 valence electrons. The van der Waals surface area contributed by atoms with Crippen molar-refractivity contribution in [2.45, 2.75) is 68.5 Å². The molecule has 6 aromatic rings. The van der Waals surface area contributed by atoms with Gasteiger partial charge in [-0.2, -0.15) is 12.1 Å². The molecule has 0 aliphatic heterocycles. The second-order valence-corrected chi connectivity index (χ2v) is 16.4. The summed E-state index contributed by atoms with van der Waals surface area (Å²) < 4.78 is 0. The Morgan fingerprint density at radius 3 is 1.20 bits per heavy atom. The third kappa shape index (κ3) is 8.52. The van der Waals surface area contributed by atoms with E-state index >= 15 is 0 Å². The zero-order valence-electron chi connectivity index (χ0n) is 27.8. The standard InChI is InChI=1S/2C19H19.C2H6Si.2ClH.Zr/c2*1-12-10-16-9-8-14(3)19(18(16)11-12)17-7-5-6-13(2)15(17)4;1-3-2;;;/h2*5-11H,1-4H3;1-2H3;2*1H;/q2*-1;;;;+4/p-2. The predicted octanol–water partition coefficient (Wildman–Crippen LogP) is 13.1. The zero-order valence-corrected chi connectivity index (χ0v) is 32.8. The Balaban J connectivity index is 0.000000204. The van der Waals surface area contributed by atoms with Crippen LogP contribution in [0.25, 0.3) is 43.8 Å². The number of benzene rings is 4. The number of halogens is 2. The Bertz CT molecular complexity index is 1700. The van der Waals surface area contributed by atoms with E-state index in [4.69, 9.17) is 17.0 Å². The van der Waals surface area contributed by atoms with Crippen molar-refractivity contribution >= 4 is 48.1 Å². The van der Waals surface area contributed by atoms with E-state index in [0.29, 0.717) is 0 Å². The van der Waals surface area contributed by atoms with E-state index in [0.717, 1.165) is 9.52 Å². The van der Waals surface area contributed by atoms with Gasteiger partial charge >= 0.3 is 37.9 Å². The molecular formula is C40H44Cl2SiZr. The molecule has 0 unspecified atom stereocenters. The molecule has 0 amide bonds. The summed E-state index contributed by atoms with van der Waals surface area (Å²) in [7, 11) is 11.0. The zero-order chi connectivity index (χ0) is 32.6. The summed E-state index contributed by atoms with van der Waals surface area (Å²) >= 11 is -0.826. The van der Waals surface area contributed by atoms with E-state index < -0.39 is 20.8 Å². The van der Waals surface area contributed by atoms with Gasteiger partial charge in [-0.25, -0.2) is 0 Å². The fourth-order valence-electron chi connectivity index (χ4n) is 5.84. The summed E-state index contributed by atoms with van der Waals surface area (Å²) in [6.45, 7) is 21.9. The van der Waals surface area contributed by atoms with Crippen LogP contribution in [-0.4, -0.2) is 9.52 Å². The van der Waals surface area contributed by atoms with Crippen molar-refractivity contribution in [3.63, 3.8) is 0 Å². The van der Waals surface area contributed by atoms with Crippen LogP contribution in [0, 0.1) is 55.4 Å². The normalized spacial score (nSPS) is 10.3. The van der Waals surface area contributed by atoms with E-state index in [9.17, 15) is 0 Å². The number of aryl methyl sites for hydroxylation is 6. The van der Waals surface area contributed by atoms with Crippen molar-refractivity contribution in [2.24, 2.45) is 0 Å². The summed E-state index contributed by atoms with van der Waals surface area (Å²) in [5, 5.41) is 5.45. The van der Waals surface area contributed by atoms with Crippen LogP contribution in [0.1, 0.15) is 44.5 Å². The topological polar surface area (TPSA) is 0 Å². The van der Waals surface area contributed by atoms with Crippen molar-refractivity contribution in [1.29, 1.82) is 0 Å². The first-order chi connectivity index (χ1) is 21.0. The molecule has 0 bridgehead atoms. The molecule has 0 nitrogen and oxygen atoms in total. The summed E-state index contributed by atoms with van der Waals surface area (Å²) in [6, 6.07) is 31.2. The molecule has 44 heavy (non-hydrogen) atoms. The van der Waals surface area contributed by atoms with Crippen molar-refractivity contribution in [3.05, 3.63) is 129 Å². The molecule has 0 fully saturated rings. The molecular weight excluding hydrogens is 671 g/mol. The van der Waals surface area contributed by atoms with Crippen LogP contribution in [0.2, 0.25) is 13.1 Å². The number of rotatable bonds is 2. The van der Waals surface area contributed by atoms with Crippen molar-refractivity contribution < 1.29 is 20.8 Å². The molecule has 0 aliphatic rings. The number of hydrogen-bond donors (Lipinski definition) is 0. The molecule has 0 aliphatic carbocycles. The average Bonchev–Trinajstić information content (AvgIpc) is 3.54. The van der Waals surface area contributed by atoms with Crippen LogP contribution in [0.15, 0.2) is 84.9 Å². The Kier molecular flexibility index (Phi) is 13.9. The molecule has 0 atom stereocenters. The minimum atomic E-state index is -0.826. The Labute approximate surface area is 287 Å². The van der Waals surface area contributed by atoms with Gasteiger partial charge in [0.05, 0.1) is 0 Å². The van der Waals surface area contributed by atoms with Gasteiger partial charge in [0.15, 0.2) is 0 Å². The summed E-state index contributed by atoms with van der Waals surface area (Å²) in [6.07, 6.45) is 0. The first kappa shape index (κ1) is 36.3. The maximum absolute atomic E-state index is 4.93. The monoisotopic (exact) mass is 712 g/mol.